The van der Waals surface area contributed by atoms with Crippen LogP contribution in [0.2, 0.25) is 5.02 Å². The summed E-state index contributed by atoms with van der Waals surface area (Å²) < 4.78 is 24.9. The molecule has 1 saturated heterocycles. The van der Waals surface area contributed by atoms with Crippen LogP contribution in [0.3, 0.4) is 0 Å². The third-order valence-electron chi connectivity index (χ3n) is 4.60. The molecule has 0 atom stereocenters. The van der Waals surface area contributed by atoms with Crippen LogP contribution in [0.1, 0.15) is 34.3 Å². The molecule has 6 nitrogen and oxygen atoms in total. The third-order valence-corrected chi connectivity index (χ3v) is 5.52. The van der Waals surface area contributed by atoms with Crippen molar-refractivity contribution in [3.05, 3.63) is 64.2 Å². The molecule has 0 bridgehead atoms. The van der Waals surface area contributed by atoms with E-state index in [4.69, 9.17) is 11.6 Å². The van der Waals surface area contributed by atoms with Gasteiger partial charge < -0.3 is 5.32 Å². The summed E-state index contributed by atoms with van der Waals surface area (Å²) in [4.78, 5) is 14.8. The number of carbonyl (C=O) groups is 1. The number of hydrogen-bond acceptors (Lipinski definition) is 4. The second kappa shape index (κ2) is 8.94. The van der Waals surface area contributed by atoms with Crippen molar-refractivity contribution in [3.63, 3.8) is 0 Å². The fourth-order valence-corrected chi connectivity index (χ4v) is 4.04. The number of amides is 1. The lowest BCUT2D eigenvalue weighted by molar-refractivity contribution is 0.0951. The Kier molecular flexibility index (Phi) is 6.59. The van der Waals surface area contributed by atoms with Gasteiger partial charge in [0, 0.05) is 18.8 Å². The molecular formula is C20H24ClN3O3S. The maximum Gasteiger partial charge on any atom is 0.253 e. The number of rotatable bonds is 7. The molecule has 0 aliphatic carbocycles. The van der Waals surface area contributed by atoms with Gasteiger partial charge in [-0.1, -0.05) is 35.9 Å². The zero-order valence-electron chi connectivity index (χ0n) is 15.7. The minimum Gasteiger partial charge on any atom is -0.348 e. The van der Waals surface area contributed by atoms with Crippen molar-refractivity contribution in [2.75, 3.05) is 24.1 Å². The standard InChI is InChI=1S/C20H24ClN3O3S/c1-28(26,27)23-17-8-9-18(19(21)12-17)20(25)22-13-15-4-6-16(7-5-15)14-24-10-2-3-11-24/h4-9,12,23H,2-3,10-11,13-14H2,1H3,(H,22,25). The van der Waals surface area contributed by atoms with E-state index in [2.05, 4.69) is 27.1 Å². The second-order valence-corrected chi connectivity index (χ2v) is 9.21. The summed E-state index contributed by atoms with van der Waals surface area (Å²) in [5, 5.41) is 3.03. The van der Waals surface area contributed by atoms with Gasteiger partial charge >= 0.3 is 0 Å². The predicted octanol–water partition coefficient (Wildman–Crippen LogP) is 3.24. The van der Waals surface area contributed by atoms with Crippen molar-refractivity contribution in [1.29, 1.82) is 0 Å². The van der Waals surface area contributed by atoms with Gasteiger partial charge in [-0.2, -0.15) is 0 Å². The molecule has 28 heavy (non-hydrogen) atoms. The maximum atomic E-state index is 12.4. The van der Waals surface area contributed by atoms with Gasteiger partial charge in [-0.15, -0.1) is 0 Å². The predicted molar refractivity (Wildman–Crippen MR) is 112 cm³/mol. The lowest BCUT2D eigenvalue weighted by Gasteiger charge is -2.14. The first-order valence-electron chi connectivity index (χ1n) is 9.16. The van der Waals surface area contributed by atoms with Crippen LogP contribution in [-0.2, 0) is 23.1 Å². The molecule has 0 unspecified atom stereocenters. The van der Waals surface area contributed by atoms with Crippen molar-refractivity contribution in [3.8, 4) is 0 Å². The van der Waals surface area contributed by atoms with Crippen molar-refractivity contribution < 1.29 is 13.2 Å². The second-order valence-electron chi connectivity index (χ2n) is 7.05. The van der Waals surface area contributed by atoms with Gasteiger partial charge in [-0.25, -0.2) is 8.42 Å². The average molecular weight is 422 g/mol. The van der Waals surface area contributed by atoms with E-state index in [0.29, 0.717) is 17.8 Å². The molecule has 2 aromatic carbocycles. The molecule has 3 rings (SSSR count). The minimum atomic E-state index is -3.40. The number of nitrogens with one attached hydrogen (secondary N) is 2. The van der Waals surface area contributed by atoms with E-state index in [1.165, 1.54) is 36.6 Å². The minimum absolute atomic E-state index is 0.187. The van der Waals surface area contributed by atoms with Crippen LogP contribution in [0.15, 0.2) is 42.5 Å². The molecule has 150 valence electrons. The van der Waals surface area contributed by atoms with Crippen LogP contribution >= 0.6 is 11.6 Å². The maximum absolute atomic E-state index is 12.4. The van der Waals surface area contributed by atoms with E-state index in [0.717, 1.165) is 31.5 Å². The van der Waals surface area contributed by atoms with Gasteiger partial charge in [0.25, 0.3) is 5.91 Å². The molecule has 8 heteroatoms. The summed E-state index contributed by atoms with van der Waals surface area (Å²) in [5.74, 6) is -0.308. The molecule has 0 aromatic heterocycles. The Morgan fingerprint density at radius 2 is 1.71 bits per heavy atom. The summed E-state index contributed by atoms with van der Waals surface area (Å²) in [7, 11) is -3.40. The van der Waals surface area contributed by atoms with Crippen molar-refractivity contribution >= 4 is 33.2 Å². The number of likely N-dealkylation sites (tertiary alicyclic amines) is 1. The molecule has 1 fully saturated rings. The fourth-order valence-electron chi connectivity index (χ4n) is 3.22. The Morgan fingerprint density at radius 3 is 2.32 bits per heavy atom. The Morgan fingerprint density at radius 1 is 1.07 bits per heavy atom. The van der Waals surface area contributed by atoms with Crippen LogP contribution in [0.25, 0.3) is 0 Å². The average Bonchev–Trinajstić information content (AvgIpc) is 3.12. The summed E-state index contributed by atoms with van der Waals surface area (Å²) in [6.45, 7) is 3.69. The number of halogens is 1. The van der Waals surface area contributed by atoms with E-state index >= 15 is 0 Å². The molecule has 2 N–H and O–H groups in total. The highest BCUT2D eigenvalue weighted by molar-refractivity contribution is 7.92. The lowest BCUT2D eigenvalue weighted by atomic mass is 10.1. The van der Waals surface area contributed by atoms with E-state index in [1.807, 2.05) is 12.1 Å². The Balaban J connectivity index is 1.56. The highest BCUT2D eigenvalue weighted by Gasteiger charge is 2.13. The molecular weight excluding hydrogens is 398 g/mol. The molecule has 1 heterocycles. The first-order chi connectivity index (χ1) is 13.3. The number of sulfonamides is 1. The lowest BCUT2D eigenvalue weighted by Crippen LogP contribution is -2.23. The van der Waals surface area contributed by atoms with E-state index in [-0.39, 0.29) is 10.9 Å². The first kappa shape index (κ1) is 20.6. The van der Waals surface area contributed by atoms with Gasteiger partial charge in [-0.3, -0.25) is 14.4 Å². The smallest absolute Gasteiger partial charge is 0.253 e. The number of anilines is 1. The Bertz CT molecular complexity index is 940. The summed E-state index contributed by atoms with van der Waals surface area (Å²) in [5.41, 5.74) is 2.89. The van der Waals surface area contributed by atoms with Crippen molar-refractivity contribution in [2.24, 2.45) is 0 Å². The fraction of sp³-hybridized carbons (Fsp3) is 0.350. The van der Waals surface area contributed by atoms with E-state index < -0.39 is 10.0 Å². The van der Waals surface area contributed by atoms with Crippen LogP contribution in [0.4, 0.5) is 5.69 Å². The SMILES string of the molecule is CS(=O)(=O)Nc1ccc(C(=O)NCc2ccc(CN3CCCC3)cc2)c(Cl)c1. The monoisotopic (exact) mass is 421 g/mol. The van der Waals surface area contributed by atoms with Gasteiger partial charge in [-0.05, 0) is 55.3 Å². The number of carbonyl (C=O) groups excluding carboxylic acids is 1. The van der Waals surface area contributed by atoms with E-state index in [9.17, 15) is 13.2 Å². The molecule has 0 saturated carbocycles. The summed E-state index contributed by atoms with van der Waals surface area (Å²) in [6, 6.07) is 12.7. The van der Waals surface area contributed by atoms with Crippen molar-refractivity contribution in [1.82, 2.24) is 10.2 Å². The molecule has 1 amide bonds. The topological polar surface area (TPSA) is 78.5 Å². The number of hydrogen-bond donors (Lipinski definition) is 2. The first-order valence-corrected chi connectivity index (χ1v) is 11.4. The summed E-state index contributed by atoms with van der Waals surface area (Å²) in [6.07, 6.45) is 3.61. The molecule has 2 aromatic rings. The molecule has 1 aliphatic rings. The zero-order valence-corrected chi connectivity index (χ0v) is 17.3. The Hall–Kier alpha value is -2.09. The zero-order chi connectivity index (χ0) is 20.1. The molecule has 1 aliphatic heterocycles. The van der Waals surface area contributed by atoms with Gasteiger partial charge in [0.1, 0.15) is 0 Å². The van der Waals surface area contributed by atoms with Crippen LogP contribution < -0.4 is 10.0 Å². The van der Waals surface area contributed by atoms with Gasteiger partial charge in [0.15, 0.2) is 0 Å². The number of benzene rings is 2. The summed E-state index contributed by atoms with van der Waals surface area (Å²) >= 11 is 6.14. The van der Waals surface area contributed by atoms with Gasteiger partial charge in [0.2, 0.25) is 10.0 Å². The van der Waals surface area contributed by atoms with Crippen LogP contribution in [0, 0.1) is 0 Å². The Labute approximate surface area is 170 Å². The normalized spacial score (nSPS) is 14.8. The van der Waals surface area contributed by atoms with Crippen molar-refractivity contribution in [2.45, 2.75) is 25.9 Å². The third kappa shape index (κ3) is 5.95. The quantitative estimate of drug-likeness (QED) is 0.719. The number of nitrogens with zero attached hydrogens (tertiary/aromatic N) is 1. The highest BCUT2D eigenvalue weighted by Crippen LogP contribution is 2.22. The van der Waals surface area contributed by atoms with E-state index in [1.54, 1.807) is 0 Å². The van der Waals surface area contributed by atoms with Crippen LogP contribution in [0.5, 0.6) is 0 Å². The van der Waals surface area contributed by atoms with Gasteiger partial charge in [0.05, 0.1) is 16.8 Å². The molecule has 0 spiro atoms. The largest absolute Gasteiger partial charge is 0.348 e. The highest BCUT2D eigenvalue weighted by atomic mass is 35.5. The molecule has 0 radical (unpaired) electrons. The van der Waals surface area contributed by atoms with Crippen LogP contribution in [-0.4, -0.2) is 38.6 Å².